The first-order valence-corrected chi connectivity index (χ1v) is 20.6. The number of hydrogen-bond acceptors (Lipinski definition) is 0. The van der Waals surface area contributed by atoms with Gasteiger partial charge < -0.3 is 0 Å². The van der Waals surface area contributed by atoms with E-state index in [1.54, 1.807) is 0 Å². The largest absolute Gasteiger partial charge is 0.243 e. The Morgan fingerprint density at radius 3 is 1.39 bits per heavy atom. The third-order valence-corrected chi connectivity index (χ3v) is 10.9. The van der Waals surface area contributed by atoms with Crippen molar-refractivity contribution < 1.29 is 4.57 Å². The zero-order chi connectivity index (χ0) is 33.5. The van der Waals surface area contributed by atoms with E-state index >= 15 is 0 Å². The van der Waals surface area contributed by atoms with E-state index in [9.17, 15) is 0 Å². The summed E-state index contributed by atoms with van der Waals surface area (Å²) in [5.41, 5.74) is 0. The van der Waals surface area contributed by atoms with Crippen molar-refractivity contribution in [3.05, 3.63) is 18.7 Å². The number of nitrogens with zero attached hydrogens (tertiary/aromatic N) is 2. The molecule has 2 nitrogen and oxygen atoms in total. The van der Waals surface area contributed by atoms with Gasteiger partial charge in [0.05, 0.1) is 6.54 Å². The van der Waals surface area contributed by atoms with Gasteiger partial charge in [0, 0.05) is 0 Å². The second kappa shape index (κ2) is 28.3. The minimum atomic E-state index is 0. The lowest BCUT2D eigenvalue weighted by atomic mass is 9.84. The van der Waals surface area contributed by atoms with Gasteiger partial charge >= 0.3 is 0 Å². The number of aryl methyl sites for hydroxylation is 1. The molecule has 0 spiro atoms. The van der Waals surface area contributed by atoms with Crippen molar-refractivity contribution >= 4 is 12.4 Å². The quantitative estimate of drug-likeness (QED) is 0.0571. The molecule has 1 heterocycles. The number of hydrogen-bond donors (Lipinski definition) is 0. The second-order valence-electron chi connectivity index (χ2n) is 17.3. The normalized spacial score (nSPS) is 15.3. The molecule has 0 fully saturated rings. The predicted molar refractivity (Wildman–Crippen MR) is 209 cm³/mol. The van der Waals surface area contributed by atoms with Crippen LogP contribution in [-0.2, 0) is 6.54 Å². The molecule has 4 atom stereocenters. The van der Waals surface area contributed by atoms with E-state index in [1.807, 2.05) is 0 Å². The van der Waals surface area contributed by atoms with Gasteiger partial charge in [-0.05, 0) is 73.5 Å². The summed E-state index contributed by atoms with van der Waals surface area (Å²) in [6, 6.07) is 0.667. The fraction of sp³-hybridized carbons (Fsp3) is 0.930. The van der Waals surface area contributed by atoms with Crippen molar-refractivity contribution in [1.29, 1.82) is 0 Å². The summed E-state index contributed by atoms with van der Waals surface area (Å²) in [7, 11) is 0. The Hall–Kier alpha value is -0.500. The van der Waals surface area contributed by atoms with E-state index in [1.165, 1.54) is 135 Å². The van der Waals surface area contributed by atoms with E-state index in [0.29, 0.717) is 6.04 Å². The van der Waals surface area contributed by atoms with Crippen LogP contribution in [0.2, 0.25) is 0 Å². The van der Waals surface area contributed by atoms with Crippen molar-refractivity contribution in [3.63, 3.8) is 0 Å². The monoisotopic (exact) mass is 666 g/mol. The van der Waals surface area contributed by atoms with E-state index in [-0.39, 0.29) is 12.4 Å². The summed E-state index contributed by atoms with van der Waals surface area (Å²) in [6.45, 7) is 25.3. The van der Waals surface area contributed by atoms with Crippen LogP contribution in [0.25, 0.3) is 0 Å². The zero-order valence-corrected chi connectivity index (χ0v) is 34.0. The molecule has 0 saturated carbocycles. The molecule has 4 unspecified atom stereocenters. The standard InChI is InChI=1S/C43H85N2.ClH/c1-11-12-32-44-33-34-45(35-44)43(31-28-41(10)23-17-20-38(6)7)25-14-13-24-42(29-26-39(8)21-15-18-36(2)3)30-27-40(9)22-16-19-37(4)5;/h33-43H,11-32H2,1-10H3;1H/q+1;. The summed E-state index contributed by atoms with van der Waals surface area (Å²) in [6.07, 6.45) is 36.6. The third kappa shape index (κ3) is 24.6. The Morgan fingerprint density at radius 2 is 0.935 bits per heavy atom. The molecule has 0 aliphatic carbocycles. The molecule has 46 heavy (non-hydrogen) atoms. The fourth-order valence-corrected chi connectivity index (χ4v) is 7.36. The number of imidazole rings is 1. The van der Waals surface area contributed by atoms with Crippen LogP contribution in [0.3, 0.4) is 0 Å². The van der Waals surface area contributed by atoms with Gasteiger partial charge in [0.1, 0.15) is 18.4 Å². The maximum Gasteiger partial charge on any atom is 0.243 e. The number of unbranched alkanes of at least 4 members (excludes halogenated alkanes) is 2. The average Bonchev–Trinajstić information content (AvgIpc) is 3.44. The number of aromatic nitrogens is 2. The van der Waals surface area contributed by atoms with Crippen LogP contribution in [0.5, 0.6) is 0 Å². The molecule has 3 heteroatoms. The van der Waals surface area contributed by atoms with Crippen LogP contribution in [0.1, 0.15) is 210 Å². The van der Waals surface area contributed by atoms with Crippen LogP contribution >= 0.6 is 12.4 Å². The summed E-state index contributed by atoms with van der Waals surface area (Å²) in [4.78, 5) is 0. The molecule has 0 amide bonds. The van der Waals surface area contributed by atoms with E-state index in [0.717, 1.165) is 48.0 Å². The van der Waals surface area contributed by atoms with Crippen LogP contribution in [-0.4, -0.2) is 4.57 Å². The molecule has 0 aliphatic rings. The van der Waals surface area contributed by atoms with Crippen LogP contribution < -0.4 is 4.57 Å². The van der Waals surface area contributed by atoms with Gasteiger partial charge in [-0.25, -0.2) is 9.13 Å². The lowest BCUT2D eigenvalue weighted by Crippen LogP contribution is -2.31. The van der Waals surface area contributed by atoms with Gasteiger partial charge in [-0.1, -0.05) is 172 Å². The Labute approximate surface area is 297 Å². The lowest BCUT2D eigenvalue weighted by molar-refractivity contribution is -0.697. The van der Waals surface area contributed by atoms with Gasteiger partial charge in [-0.2, -0.15) is 0 Å². The Morgan fingerprint density at radius 1 is 0.478 bits per heavy atom. The SMILES string of the molecule is CCCC[n+]1ccn(C(CCCCC(CCC(C)CCCC(C)C)CCC(C)CCCC(C)C)CCC(C)CCCC(C)C)c1.Cl. The molecule has 0 bridgehead atoms. The maximum atomic E-state index is 2.59. The van der Waals surface area contributed by atoms with Crippen LogP contribution in [0.15, 0.2) is 18.7 Å². The Bertz CT molecular complexity index is 760. The van der Waals surface area contributed by atoms with Gasteiger partial charge in [-0.15, -0.1) is 12.4 Å². The molecule has 0 saturated heterocycles. The molecular formula is C43H86ClN2+. The van der Waals surface area contributed by atoms with E-state index in [4.69, 9.17) is 0 Å². The molecule has 0 N–H and O–H groups in total. The predicted octanol–water partition coefficient (Wildman–Crippen LogP) is 14.4. The van der Waals surface area contributed by atoms with Crippen molar-refractivity contribution in [3.8, 4) is 0 Å². The molecule has 1 aromatic heterocycles. The Kier molecular flexibility index (Phi) is 28.0. The molecule has 0 radical (unpaired) electrons. The van der Waals surface area contributed by atoms with Crippen LogP contribution in [0.4, 0.5) is 0 Å². The zero-order valence-electron chi connectivity index (χ0n) is 33.2. The number of rotatable bonds is 30. The first-order chi connectivity index (χ1) is 21.5. The summed E-state index contributed by atoms with van der Waals surface area (Å²) >= 11 is 0. The van der Waals surface area contributed by atoms with Crippen molar-refractivity contribution in [2.45, 2.75) is 217 Å². The highest BCUT2D eigenvalue weighted by Gasteiger charge is 2.20. The highest BCUT2D eigenvalue weighted by molar-refractivity contribution is 5.85. The van der Waals surface area contributed by atoms with Crippen molar-refractivity contribution in [2.75, 3.05) is 0 Å². The first-order valence-electron chi connectivity index (χ1n) is 20.6. The van der Waals surface area contributed by atoms with E-state index in [2.05, 4.69) is 97.1 Å². The summed E-state index contributed by atoms with van der Waals surface area (Å²) in [5, 5.41) is 0. The molecule has 0 aliphatic heterocycles. The average molecular weight is 667 g/mol. The molecule has 1 aromatic rings. The highest BCUT2D eigenvalue weighted by atomic mass is 35.5. The van der Waals surface area contributed by atoms with E-state index < -0.39 is 0 Å². The van der Waals surface area contributed by atoms with Gasteiger partial charge in [0.15, 0.2) is 0 Å². The highest BCUT2D eigenvalue weighted by Crippen LogP contribution is 2.30. The van der Waals surface area contributed by atoms with Crippen LogP contribution in [0, 0.1) is 41.4 Å². The fourth-order valence-electron chi connectivity index (χ4n) is 7.36. The molecular weight excluding hydrogens is 580 g/mol. The van der Waals surface area contributed by atoms with Crippen molar-refractivity contribution in [1.82, 2.24) is 4.57 Å². The van der Waals surface area contributed by atoms with Gasteiger partial charge in [0.25, 0.3) is 0 Å². The van der Waals surface area contributed by atoms with Gasteiger partial charge in [-0.3, -0.25) is 0 Å². The minimum Gasteiger partial charge on any atom is -0.237 e. The lowest BCUT2D eigenvalue weighted by Gasteiger charge is -2.22. The third-order valence-electron chi connectivity index (χ3n) is 10.9. The smallest absolute Gasteiger partial charge is 0.237 e. The second-order valence-corrected chi connectivity index (χ2v) is 17.3. The van der Waals surface area contributed by atoms with Gasteiger partial charge in [0.2, 0.25) is 6.33 Å². The Balaban J connectivity index is 0.0000202. The molecule has 274 valence electrons. The number of halogens is 1. The summed E-state index contributed by atoms with van der Waals surface area (Å²) < 4.78 is 5.02. The topological polar surface area (TPSA) is 8.81 Å². The molecule has 0 aromatic carbocycles. The minimum absolute atomic E-state index is 0. The van der Waals surface area contributed by atoms with Crippen molar-refractivity contribution in [2.24, 2.45) is 41.4 Å². The maximum absolute atomic E-state index is 2.59. The molecule has 1 rings (SSSR count). The first kappa shape index (κ1) is 45.5. The summed E-state index contributed by atoms with van der Waals surface area (Å²) in [5.74, 6) is 6.13.